The van der Waals surface area contributed by atoms with E-state index in [2.05, 4.69) is 51.7 Å². The molecular formula is C15H26N2S2. The van der Waals surface area contributed by atoms with Gasteiger partial charge in [0.15, 0.2) is 0 Å². The zero-order chi connectivity index (χ0) is 14.1. The first-order chi connectivity index (χ1) is 8.88. The van der Waals surface area contributed by atoms with Gasteiger partial charge in [-0.15, -0.1) is 11.3 Å². The molecule has 1 fully saturated rings. The first-order valence-corrected chi connectivity index (χ1v) is 9.13. The minimum absolute atomic E-state index is 0.0894. The summed E-state index contributed by atoms with van der Waals surface area (Å²) < 4.78 is 0. The predicted molar refractivity (Wildman–Crippen MR) is 87.3 cm³/mol. The van der Waals surface area contributed by atoms with Crippen molar-refractivity contribution in [3.63, 3.8) is 0 Å². The van der Waals surface area contributed by atoms with Crippen molar-refractivity contribution in [2.75, 3.05) is 18.1 Å². The second-order valence-electron chi connectivity index (χ2n) is 6.50. The molecule has 2 heterocycles. The Labute approximate surface area is 125 Å². The fourth-order valence-corrected chi connectivity index (χ4v) is 5.40. The predicted octanol–water partition coefficient (Wildman–Crippen LogP) is 4.12. The number of nitrogens with one attached hydrogen (secondary N) is 1. The minimum atomic E-state index is 0.0894. The Balaban J connectivity index is 2.33. The lowest BCUT2D eigenvalue weighted by atomic mass is 9.80. The van der Waals surface area contributed by atoms with Crippen LogP contribution in [0.2, 0.25) is 0 Å². The molecule has 0 radical (unpaired) electrons. The van der Waals surface area contributed by atoms with E-state index in [1.807, 2.05) is 11.3 Å². The van der Waals surface area contributed by atoms with Gasteiger partial charge in [0.2, 0.25) is 0 Å². The Morgan fingerprint density at radius 1 is 1.26 bits per heavy atom. The maximum atomic E-state index is 4.87. The van der Waals surface area contributed by atoms with E-state index >= 15 is 0 Å². The molecule has 0 aliphatic carbocycles. The van der Waals surface area contributed by atoms with E-state index in [1.54, 1.807) is 0 Å². The standard InChI is InChI=1S/C15H26N2S2/c1-6-7-16-15(8-14(4,5)9-18-10-15)13-17-11(2)12(3)19-13/h16H,6-10H2,1-5H3. The number of thioether (sulfide) groups is 1. The van der Waals surface area contributed by atoms with E-state index < -0.39 is 0 Å². The highest BCUT2D eigenvalue weighted by molar-refractivity contribution is 7.99. The van der Waals surface area contributed by atoms with E-state index in [0.717, 1.165) is 12.3 Å². The van der Waals surface area contributed by atoms with Gasteiger partial charge in [0.05, 0.1) is 11.2 Å². The molecule has 1 aliphatic rings. The van der Waals surface area contributed by atoms with E-state index in [1.165, 1.54) is 34.2 Å². The molecular weight excluding hydrogens is 272 g/mol. The molecule has 0 bridgehead atoms. The van der Waals surface area contributed by atoms with Gasteiger partial charge in [-0.2, -0.15) is 11.8 Å². The first-order valence-electron chi connectivity index (χ1n) is 7.16. The average Bonchev–Trinajstić information content (AvgIpc) is 2.66. The third-order valence-corrected chi connectivity index (χ3v) is 6.73. The lowest BCUT2D eigenvalue weighted by Gasteiger charge is -2.44. The van der Waals surface area contributed by atoms with Crippen molar-refractivity contribution >= 4 is 23.1 Å². The van der Waals surface area contributed by atoms with Crippen LogP contribution in [0.1, 0.15) is 49.2 Å². The zero-order valence-electron chi connectivity index (χ0n) is 12.8. The molecule has 19 heavy (non-hydrogen) atoms. The largest absolute Gasteiger partial charge is 0.305 e. The summed E-state index contributed by atoms with van der Waals surface area (Å²) in [6, 6.07) is 0. The van der Waals surface area contributed by atoms with Gasteiger partial charge in [0.25, 0.3) is 0 Å². The Kier molecular flexibility index (Phi) is 4.63. The van der Waals surface area contributed by atoms with Crippen LogP contribution in [0.15, 0.2) is 0 Å². The highest BCUT2D eigenvalue weighted by atomic mass is 32.2. The zero-order valence-corrected chi connectivity index (χ0v) is 14.4. The van der Waals surface area contributed by atoms with E-state index in [0.29, 0.717) is 5.41 Å². The van der Waals surface area contributed by atoms with Crippen molar-refractivity contribution in [1.29, 1.82) is 0 Å². The van der Waals surface area contributed by atoms with E-state index in [-0.39, 0.29) is 5.54 Å². The SMILES string of the molecule is CCCNC1(c2nc(C)c(C)s2)CSCC(C)(C)C1. The van der Waals surface area contributed by atoms with Crippen LogP contribution in [0.3, 0.4) is 0 Å². The van der Waals surface area contributed by atoms with Crippen molar-refractivity contribution in [1.82, 2.24) is 10.3 Å². The third-order valence-electron chi connectivity index (χ3n) is 3.77. The topological polar surface area (TPSA) is 24.9 Å². The minimum Gasteiger partial charge on any atom is -0.305 e. The maximum Gasteiger partial charge on any atom is 0.114 e. The van der Waals surface area contributed by atoms with Gasteiger partial charge in [0.1, 0.15) is 5.01 Å². The highest BCUT2D eigenvalue weighted by Crippen LogP contribution is 2.45. The number of thiazole rings is 1. The van der Waals surface area contributed by atoms with Crippen molar-refractivity contribution < 1.29 is 0 Å². The lowest BCUT2D eigenvalue weighted by Crippen LogP contribution is -2.51. The molecule has 0 aromatic carbocycles. The van der Waals surface area contributed by atoms with Crippen molar-refractivity contribution in [3.05, 3.63) is 15.6 Å². The van der Waals surface area contributed by atoms with Gasteiger partial charge in [-0.1, -0.05) is 20.8 Å². The molecule has 1 atom stereocenters. The summed E-state index contributed by atoms with van der Waals surface area (Å²) in [5.41, 5.74) is 1.68. The second kappa shape index (κ2) is 5.74. The van der Waals surface area contributed by atoms with Gasteiger partial charge in [-0.3, -0.25) is 0 Å². The fourth-order valence-electron chi connectivity index (χ4n) is 2.79. The van der Waals surface area contributed by atoms with Crippen LogP contribution >= 0.6 is 23.1 Å². The number of rotatable bonds is 4. The summed E-state index contributed by atoms with van der Waals surface area (Å²) in [6.45, 7) is 12.4. The molecule has 4 heteroatoms. The van der Waals surface area contributed by atoms with Crippen LogP contribution < -0.4 is 5.32 Å². The molecule has 1 aromatic rings. The summed E-state index contributed by atoms with van der Waals surface area (Å²) in [4.78, 5) is 6.23. The summed E-state index contributed by atoms with van der Waals surface area (Å²) >= 11 is 3.96. The molecule has 1 N–H and O–H groups in total. The third kappa shape index (κ3) is 3.34. The van der Waals surface area contributed by atoms with Crippen LogP contribution in [0.4, 0.5) is 0 Å². The van der Waals surface area contributed by atoms with Crippen molar-refractivity contribution in [2.45, 2.75) is 53.0 Å². The van der Waals surface area contributed by atoms with Crippen LogP contribution in [-0.4, -0.2) is 23.0 Å². The summed E-state index contributed by atoms with van der Waals surface area (Å²) in [5, 5.41) is 5.13. The molecule has 1 aliphatic heterocycles. The van der Waals surface area contributed by atoms with Crippen LogP contribution in [0.25, 0.3) is 0 Å². The Hall–Kier alpha value is -0.0600. The van der Waals surface area contributed by atoms with Gasteiger partial charge in [-0.05, 0) is 44.4 Å². The Bertz CT molecular complexity index is 420. The van der Waals surface area contributed by atoms with Crippen LogP contribution in [0, 0.1) is 19.3 Å². The highest BCUT2D eigenvalue weighted by Gasteiger charge is 2.43. The molecule has 108 valence electrons. The second-order valence-corrected chi connectivity index (χ2v) is 8.69. The number of hydrogen-bond acceptors (Lipinski definition) is 4. The van der Waals surface area contributed by atoms with Crippen molar-refractivity contribution in [3.8, 4) is 0 Å². The van der Waals surface area contributed by atoms with Gasteiger partial charge >= 0.3 is 0 Å². The fraction of sp³-hybridized carbons (Fsp3) is 0.800. The smallest absolute Gasteiger partial charge is 0.114 e. The normalized spacial score (nSPS) is 26.6. The summed E-state index contributed by atoms with van der Waals surface area (Å²) in [5.74, 6) is 2.41. The van der Waals surface area contributed by atoms with E-state index in [4.69, 9.17) is 4.98 Å². The Morgan fingerprint density at radius 3 is 2.53 bits per heavy atom. The lowest BCUT2D eigenvalue weighted by molar-refractivity contribution is 0.224. The van der Waals surface area contributed by atoms with Gasteiger partial charge in [-0.25, -0.2) is 4.98 Å². The quantitative estimate of drug-likeness (QED) is 0.905. The molecule has 0 amide bonds. The molecule has 0 saturated carbocycles. The summed E-state index contributed by atoms with van der Waals surface area (Å²) in [6.07, 6.45) is 2.37. The first kappa shape index (κ1) is 15.3. The molecule has 1 aromatic heterocycles. The molecule has 2 nitrogen and oxygen atoms in total. The molecule has 1 saturated heterocycles. The number of aromatic nitrogens is 1. The molecule has 2 rings (SSSR count). The number of nitrogens with zero attached hydrogens (tertiary/aromatic N) is 1. The number of aryl methyl sites for hydroxylation is 2. The monoisotopic (exact) mass is 298 g/mol. The van der Waals surface area contributed by atoms with Gasteiger partial charge < -0.3 is 5.32 Å². The van der Waals surface area contributed by atoms with Crippen LogP contribution in [0.5, 0.6) is 0 Å². The number of hydrogen-bond donors (Lipinski definition) is 1. The molecule has 0 spiro atoms. The summed E-state index contributed by atoms with van der Waals surface area (Å²) in [7, 11) is 0. The van der Waals surface area contributed by atoms with E-state index in [9.17, 15) is 0 Å². The maximum absolute atomic E-state index is 4.87. The average molecular weight is 299 g/mol. The Morgan fingerprint density at radius 2 is 2.00 bits per heavy atom. The molecule has 1 unspecified atom stereocenters. The van der Waals surface area contributed by atoms with Crippen molar-refractivity contribution in [2.24, 2.45) is 5.41 Å². The van der Waals surface area contributed by atoms with Crippen LogP contribution in [-0.2, 0) is 5.54 Å². The van der Waals surface area contributed by atoms with Gasteiger partial charge in [0, 0.05) is 10.6 Å².